The highest BCUT2D eigenvalue weighted by atomic mass is 32.2. The molecule has 0 saturated heterocycles. The molecule has 0 bridgehead atoms. The lowest BCUT2D eigenvalue weighted by Gasteiger charge is -2.20. The third-order valence-electron chi connectivity index (χ3n) is 3.58. The van der Waals surface area contributed by atoms with Crippen molar-refractivity contribution in [1.82, 2.24) is 9.97 Å². The monoisotopic (exact) mass is 392 g/mol. The van der Waals surface area contributed by atoms with Gasteiger partial charge in [-0.05, 0) is 24.0 Å². The van der Waals surface area contributed by atoms with E-state index in [-0.39, 0.29) is 28.9 Å². The molecule has 0 atom stereocenters. The van der Waals surface area contributed by atoms with Crippen molar-refractivity contribution in [2.45, 2.75) is 17.7 Å². The molecule has 4 nitrogen and oxygen atoms in total. The number of halogens is 3. The van der Waals surface area contributed by atoms with Gasteiger partial charge >= 0.3 is 6.18 Å². The Kier molecular flexibility index (Phi) is 5.85. The third-order valence-corrected chi connectivity index (χ3v) is 4.36. The van der Waals surface area contributed by atoms with E-state index >= 15 is 0 Å². The lowest BCUT2D eigenvalue weighted by Crippen LogP contribution is -2.11. The molecule has 0 aliphatic carbocycles. The van der Waals surface area contributed by atoms with Gasteiger partial charge in [0, 0.05) is 17.2 Å². The maximum absolute atomic E-state index is 13.8. The van der Waals surface area contributed by atoms with Gasteiger partial charge in [-0.3, -0.25) is 0 Å². The summed E-state index contributed by atoms with van der Waals surface area (Å²) in [6, 6.07) is 13.2. The molecular formula is C19H15F3N2O2S. The molecule has 0 saturated carbocycles. The fourth-order valence-corrected chi connectivity index (χ4v) is 3.01. The lowest BCUT2D eigenvalue weighted by atomic mass is 10.1. The van der Waals surface area contributed by atoms with E-state index in [1.54, 1.807) is 30.5 Å². The molecule has 0 N–H and O–H groups in total. The Bertz CT molecular complexity index is 891. The molecule has 1 aromatic heterocycles. The Morgan fingerprint density at radius 1 is 1.04 bits per heavy atom. The summed E-state index contributed by atoms with van der Waals surface area (Å²) in [5.74, 6) is -0.300. The molecule has 1 heterocycles. The Balaban J connectivity index is 2.03. The van der Waals surface area contributed by atoms with E-state index in [1.165, 1.54) is 30.7 Å². The lowest BCUT2D eigenvalue weighted by molar-refractivity contribution is -0.141. The van der Waals surface area contributed by atoms with Gasteiger partial charge in [0.1, 0.15) is 18.5 Å². The normalized spacial score (nSPS) is 11.3. The second-order valence-corrected chi connectivity index (χ2v) is 6.24. The molecule has 0 unspecified atom stereocenters. The minimum atomic E-state index is -4.60. The first kappa shape index (κ1) is 19.0. The van der Waals surface area contributed by atoms with Crippen LogP contribution >= 0.6 is 11.8 Å². The summed E-state index contributed by atoms with van der Waals surface area (Å²) in [4.78, 5) is 7.71. The van der Waals surface area contributed by atoms with Crippen LogP contribution in [0.15, 0.2) is 66.0 Å². The Morgan fingerprint density at radius 3 is 2.44 bits per heavy atom. The Morgan fingerprint density at radius 2 is 1.81 bits per heavy atom. The van der Waals surface area contributed by atoms with E-state index in [0.29, 0.717) is 0 Å². The number of aromatic nitrogens is 2. The summed E-state index contributed by atoms with van der Waals surface area (Å²) in [6.07, 6.45) is -0.333. The van der Waals surface area contributed by atoms with Crippen molar-refractivity contribution >= 4 is 11.8 Å². The van der Waals surface area contributed by atoms with Gasteiger partial charge in [0.2, 0.25) is 5.88 Å². The SMILES string of the molecule is CSc1ccc(Oc2ccncn2)c(OCc2ccccc2)c1C(F)(F)F. The Hall–Kier alpha value is -2.74. The van der Waals surface area contributed by atoms with Crippen molar-refractivity contribution in [1.29, 1.82) is 0 Å². The predicted molar refractivity (Wildman–Crippen MR) is 96.1 cm³/mol. The molecule has 2 aromatic carbocycles. The van der Waals surface area contributed by atoms with E-state index < -0.39 is 11.7 Å². The van der Waals surface area contributed by atoms with E-state index in [4.69, 9.17) is 9.47 Å². The van der Waals surface area contributed by atoms with Gasteiger partial charge in [0.25, 0.3) is 0 Å². The zero-order chi connectivity index (χ0) is 19.3. The first-order chi connectivity index (χ1) is 13.0. The molecule has 3 rings (SSSR count). The summed E-state index contributed by atoms with van der Waals surface area (Å²) >= 11 is 0.992. The molecule has 0 amide bonds. The zero-order valence-corrected chi connectivity index (χ0v) is 15.1. The molecule has 0 aliphatic rings. The summed E-state index contributed by atoms with van der Waals surface area (Å²) in [7, 11) is 0. The number of thioether (sulfide) groups is 1. The number of nitrogens with zero attached hydrogens (tertiary/aromatic N) is 2. The fraction of sp³-hybridized carbons (Fsp3) is 0.158. The van der Waals surface area contributed by atoms with Crippen molar-refractivity contribution in [2.24, 2.45) is 0 Å². The van der Waals surface area contributed by atoms with Crippen molar-refractivity contribution in [2.75, 3.05) is 6.26 Å². The maximum atomic E-state index is 13.8. The molecular weight excluding hydrogens is 377 g/mol. The molecule has 140 valence electrons. The second kappa shape index (κ2) is 8.30. The summed E-state index contributed by atoms with van der Waals surface area (Å²) < 4.78 is 52.4. The van der Waals surface area contributed by atoms with E-state index in [1.807, 2.05) is 6.07 Å². The van der Waals surface area contributed by atoms with E-state index in [2.05, 4.69) is 9.97 Å². The molecule has 0 aliphatic heterocycles. The average Bonchev–Trinajstić information content (AvgIpc) is 2.67. The van der Waals surface area contributed by atoms with Gasteiger partial charge in [0.05, 0.1) is 0 Å². The first-order valence-electron chi connectivity index (χ1n) is 7.88. The van der Waals surface area contributed by atoms with Gasteiger partial charge in [0.15, 0.2) is 11.5 Å². The number of benzene rings is 2. The van der Waals surface area contributed by atoms with Gasteiger partial charge < -0.3 is 9.47 Å². The highest BCUT2D eigenvalue weighted by molar-refractivity contribution is 7.98. The van der Waals surface area contributed by atoms with Crippen LogP contribution in [0.3, 0.4) is 0 Å². The summed E-state index contributed by atoms with van der Waals surface area (Å²) in [5, 5.41) is 0. The Labute approximate surface area is 158 Å². The van der Waals surface area contributed by atoms with Crippen molar-refractivity contribution < 1.29 is 22.6 Å². The molecule has 0 spiro atoms. The van der Waals surface area contributed by atoms with Crippen LogP contribution in [0.2, 0.25) is 0 Å². The van der Waals surface area contributed by atoms with Crippen LogP contribution in [-0.2, 0) is 12.8 Å². The van der Waals surface area contributed by atoms with Gasteiger partial charge in [-0.2, -0.15) is 13.2 Å². The number of hydrogen-bond acceptors (Lipinski definition) is 5. The van der Waals surface area contributed by atoms with Crippen LogP contribution in [0.25, 0.3) is 0 Å². The number of rotatable bonds is 6. The summed E-state index contributed by atoms with van der Waals surface area (Å²) in [5.41, 5.74) is -0.120. The number of alkyl halides is 3. The third kappa shape index (κ3) is 4.71. The standard InChI is InChI=1S/C19H15F3N2O2S/c1-27-15-8-7-14(26-16-9-10-23-12-24-16)18(17(15)19(20,21)22)25-11-13-5-3-2-4-6-13/h2-10,12H,11H2,1H3. The topological polar surface area (TPSA) is 44.2 Å². The number of ether oxygens (including phenoxy) is 2. The van der Waals surface area contributed by atoms with Gasteiger partial charge in [-0.1, -0.05) is 30.3 Å². The van der Waals surface area contributed by atoms with Crippen molar-refractivity contribution in [3.05, 3.63) is 72.2 Å². The maximum Gasteiger partial charge on any atom is 0.421 e. The van der Waals surface area contributed by atoms with E-state index in [9.17, 15) is 13.2 Å². The molecule has 8 heteroatoms. The van der Waals surface area contributed by atoms with Crippen LogP contribution in [0, 0.1) is 0 Å². The van der Waals surface area contributed by atoms with Crippen LogP contribution in [0.1, 0.15) is 11.1 Å². The minimum absolute atomic E-state index is 0.0259. The van der Waals surface area contributed by atoms with Crippen LogP contribution in [-0.4, -0.2) is 16.2 Å². The van der Waals surface area contributed by atoms with Gasteiger partial charge in [-0.15, -0.1) is 11.8 Å². The predicted octanol–water partition coefficient (Wildman–Crippen LogP) is 5.59. The largest absolute Gasteiger partial charge is 0.484 e. The molecule has 0 radical (unpaired) electrons. The number of hydrogen-bond donors (Lipinski definition) is 0. The smallest absolute Gasteiger partial charge is 0.421 e. The molecule has 3 aromatic rings. The molecule has 27 heavy (non-hydrogen) atoms. The van der Waals surface area contributed by atoms with E-state index in [0.717, 1.165) is 17.3 Å². The zero-order valence-electron chi connectivity index (χ0n) is 14.2. The highest BCUT2D eigenvalue weighted by Crippen LogP contribution is 2.47. The van der Waals surface area contributed by atoms with Crippen LogP contribution in [0.5, 0.6) is 17.4 Å². The van der Waals surface area contributed by atoms with Crippen LogP contribution in [0.4, 0.5) is 13.2 Å². The molecule has 0 fully saturated rings. The highest BCUT2D eigenvalue weighted by Gasteiger charge is 2.39. The van der Waals surface area contributed by atoms with Crippen molar-refractivity contribution in [3.8, 4) is 17.4 Å². The van der Waals surface area contributed by atoms with Gasteiger partial charge in [-0.25, -0.2) is 9.97 Å². The van der Waals surface area contributed by atoms with Crippen molar-refractivity contribution in [3.63, 3.8) is 0 Å². The first-order valence-corrected chi connectivity index (χ1v) is 9.10. The quantitative estimate of drug-likeness (QED) is 0.512. The summed E-state index contributed by atoms with van der Waals surface area (Å²) in [6.45, 7) is -0.0259. The average molecular weight is 392 g/mol. The minimum Gasteiger partial charge on any atom is -0.484 e. The second-order valence-electron chi connectivity index (χ2n) is 5.39. The fourth-order valence-electron chi connectivity index (χ4n) is 2.39. The van der Waals surface area contributed by atoms with Crippen LogP contribution < -0.4 is 9.47 Å².